The summed E-state index contributed by atoms with van der Waals surface area (Å²) >= 11 is 0. The fourth-order valence-electron chi connectivity index (χ4n) is 4.85. The van der Waals surface area contributed by atoms with E-state index in [4.69, 9.17) is 15.2 Å². The van der Waals surface area contributed by atoms with Crippen molar-refractivity contribution < 1.29 is 24.5 Å². The Kier molecular flexibility index (Phi) is 6.90. The minimum absolute atomic E-state index is 0.000429. The first kappa shape index (κ1) is 24.6. The van der Waals surface area contributed by atoms with Crippen LogP contribution in [0.2, 0.25) is 0 Å². The molecule has 5 heterocycles. The Morgan fingerprint density at radius 3 is 2.81 bits per heavy atom. The second-order valence-corrected chi connectivity index (χ2v) is 9.38. The number of amides is 1. The van der Waals surface area contributed by atoms with Crippen molar-refractivity contribution >= 4 is 22.8 Å². The number of nitrogens with zero attached hydrogens (tertiary/aromatic N) is 6. The second kappa shape index (κ2) is 10.1. The van der Waals surface area contributed by atoms with Gasteiger partial charge in [-0.1, -0.05) is 0 Å². The van der Waals surface area contributed by atoms with Gasteiger partial charge in [-0.05, 0) is 39.0 Å². The fourth-order valence-corrected chi connectivity index (χ4v) is 4.85. The minimum Gasteiger partial charge on any atom is -0.387 e. The largest absolute Gasteiger partial charge is 0.387 e. The maximum absolute atomic E-state index is 13.0. The molecule has 2 aliphatic heterocycles. The Morgan fingerprint density at radius 1 is 1.28 bits per heavy atom. The monoisotopic (exact) mass is 500 g/mol. The van der Waals surface area contributed by atoms with E-state index in [2.05, 4.69) is 25.3 Å². The van der Waals surface area contributed by atoms with Gasteiger partial charge in [0.2, 0.25) is 0 Å². The molecule has 0 radical (unpaired) electrons. The molecule has 0 spiro atoms. The zero-order valence-corrected chi connectivity index (χ0v) is 20.3. The predicted octanol–water partition coefficient (Wildman–Crippen LogP) is -0.647. The zero-order valence-electron chi connectivity index (χ0n) is 20.3. The van der Waals surface area contributed by atoms with E-state index < -0.39 is 30.4 Å². The van der Waals surface area contributed by atoms with Gasteiger partial charge in [0.25, 0.3) is 5.91 Å². The number of carbonyl (C=O) groups is 1. The standard InChI is InChI=1S/C23H32N8O5/c1-29-6-3-13(4-7-29)27-22(34)19-17(32)18(33)23(36-19)31-11-14(16-20(24)25-12-26-21(16)31)15-5-8-30(28-15)9-10-35-2/h5,8,11-13,17-19,23,32-33H,3-4,6-7,9-10H2,1-2H3,(H,27,34)(H2,24,25,26)/t17-,18+,19-,23+/m0/s1. The van der Waals surface area contributed by atoms with Crippen LogP contribution in [0.5, 0.6) is 0 Å². The molecule has 194 valence electrons. The first-order valence-electron chi connectivity index (χ1n) is 12.0. The molecule has 13 nitrogen and oxygen atoms in total. The molecule has 0 unspecified atom stereocenters. The predicted molar refractivity (Wildman–Crippen MR) is 130 cm³/mol. The summed E-state index contributed by atoms with van der Waals surface area (Å²) in [7, 11) is 3.66. The summed E-state index contributed by atoms with van der Waals surface area (Å²) in [5.74, 6) is -0.203. The first-order valence-corrected chi connectivity index (χ1v) is 12.0. The smallest absolute Gasteiger partial charge is 0.252 e. The van der Waals surface area contributed by atoms with Crippen LogP contribution in [0.1, 0.15) is 19.1 Å². The van der Waals surface area contributed by atoms with Gasteiger partial charge < -0.3 is 40.2 Å². The van der Waals surface area contributed by atoms with Crippen molar-refractivity contribution in [2.24, 2.45) is 0 Å². The van der Waals surface area contributed by atoms with Gasteiger partial charge in [-0.25, -0.2) is 9.97 Å². The third-order valence-corrected chi connectivity index (χ3v) is 6.92. The second-order valence-electron chi connectivity index (χ2n) is 9.38. The molecule has 5 N–H and O–H groups in total. The van der Waals surface area contributed by atoms with Crippen LogP contribution >= 0.6 is 0 Å². The number of nitrogens with two attached hydrogens (primary N) is 1. The lowest BCUT2D eigenvalue weighted by Gasteiger charge is -2.30. The van der Waals surface area contributed by atoms with Crippen LogP contribution < -0.4 is 11.1 Å². The summed E-state index contributed by atoms with van der Waals surface area (Å²) in [5, 5.41) is 29.7. The lowest BCUT2D eigenvalue weighted by atomic mass is 10.0. The molecule has 3 aromatic rings. The lowest BCUT2D eigenvalue weighted by molar-refractivity contribution is -0.138. The van der Waals surface area contributed by atoms with Crippen LogP contribution in [0, 0.1) is 0 Å². The third kappa shape index (κ3) is 4.55. The topological polar surface area (TPSA) is 166 Å². The van der Waals surface area contributed by atoms with Crippen LogP contribution in [0.25, 0.3) is 22.3 Å². The number of methoxy groups -OCH3 is 1. The summed E-state index contributed by atoms with van der Waals surface area (Å²) in [4.78, 5) is 23.6. The van der Waals surface area contributed by atoms with Crippen molar-refractivity contribution in [1.29, 1.82) is 0 Å². The van der Waals surface area contributed by atoms with Crippen molar-refractivity contribution in [2.45, 2.75) is 50.0 Å². The van der Waals surface area contributed by atoms with Crippen LogP contribution in [-0.4, -0.2) is 104 Å². The van der Waals surface area contributed by atoms with Crippen molar-refractivity contribution in [2.75, 3.05) is 39.6 Å². The first-order chi connectivity index (χ1) is 17.4. The van der Waals surface area contributed by atoms with Crippen molar-refractivity contribution in [1.82, 2.24) is 34.5 Å². The highest BCUT2D eigenvalue weighted by molar-refractivity contribution is 5.99. The molecule has 0 aromatic carbocycles. The van der Waals surface area contributed by atoms with Crippen LogP contribution in [0.4, 0.5) is 5.82 Å². The quantitative estimate of drug-likeness (QED) is 0.327. The van der Waals surface area contributed by atoms with E-state index in [0.29, 0.717) is 35.4 Å². The molecule has 3 aromatic heterocycles. The van der Waals surface area contributed by atoms with Crippen LogP contribution in [-0.2, 0) is 20.8 Å². The molecule has 1 amide bonds. The van der Waals surface area contributed by atoms with E-state index in [1.807, 2.05) is 19.3 Å². The van der Waals surface area contributed by atoms with Gasteiger partial charge >= 0.3 is 0 Å². The Balaban J connectivity index is 1.42. The Bertz CT molecular complexity index is 1220. The third-order valence-electron chi connectivity index (χ3n) is 6.92. The number of aliphatic hydroxyl groups excluding tert-OH is 2. The molecule has 0 saturated carbocycles. The number of fused-ring (bicyclic) bond motifs is 1. The summed E-state index contributed by atoms with van der Waals surface area (Å²) < 4.78 is 14.4. The number of carbonyl (C=O) groups excluding carboxylic acids is 1. The maximum atomic E-state index is 13.0. The fraction of sp³-hybridized carbons (Fsp3) is 0.565. The number of rotatable bonds is 7. The number of nitrogens with one attached hydrogen (secondary N) is 1. The molecule has 0 bridgehead atoms. The van der Waals surface area contributed by atoms with E-state index >= 15 is 0 Å². The Labute approximate surface area is 207 Å². The molecular weight excluding hydrogens is 468 g/mol. The Hall–Kier alpha value is -3.10. The van der Waals surface area contributed by atoms with Gasteiger partial charge in [0.1, 0.15) is 30.0 Å². The van der Waals surface area contributed by atoms with Crippen LogP contribution in [0.15, 0.2) is 24.8 Å². The highest BCUT2D eigenvalue weighted by Crippen LogP contribution is 2.38. The van der Waals surface area contributed by atoms with E-state index in [0.717, 1.165) is 25.9 Å². The summed E-state index contributed by atoms with van der Waals surface area (Å²) in [6.07, 6.45) is 1.42. The van der Waals surface area contributed by atoms with Crippen molar-refractivity contribution in [3.8, 4) is 11.3 Å². The number of piperidine rings is 1. The molecule has 0 aliphatic carbocycles. The summed E-state index contributed by atoms with van der Waals surface area (Å²) in [5.41, 5.74) is 7.87. The number of likely N-dealkylation sites (tertiary alicyclic amines) is 1. The van der Waals surface area contributed by atoms with Gasteiger partial charge in [0.05, 0.1) is 24.2 Å². The van der Waals surface area contributed by atoms with Crippen LogP contribution in [0.3, 0.4) is 0 Å². The maximum Gasteiger partial charge on any atom is 0.252 e. The molecule has 2 fully saturated rings. The lowest BCUT2D eigenvalue weighted by Crippen LogP contribution is -2.49. The van der Waals surface area contributed by atoms with Crippen molar-refractivity contribution in [3.63, 3.8) is 0 Å². The summed E-state index contributed by atoms with van der Waals surface area (Å²) in [6.45, 7) is 2.84. The number of nitrogen functional groups attached to an aromatic ring is 1. The van der Waals surface area contributed by atoms with E-state index in [1.54, 1.807) is 22.6 Å². The number of aromatic nitrogens is 5. The zero-order chi connectivity index (χ0) is 25.4. The molecule has 2 aliphatic rings. The Morgan fingerprint density at radius 2 is 2.06 bits per heavy atom. The number of aliphatic hydroxyl groups is 2. The summed E-state index contributed by atoms with van der Waals surface area (Å²) in [6, 6.07) is 1.83. The molecule has 4 atom stereocenters. The highest BCUT2D eigenvalue weighted by Gasteiger charge is 2.48. The molecule has 36 heavy (non-hydrogen) atoms. The van der Waals surface area contributed by atoms with Gasteiger partial charge in [-0.3, -0.25) is 9.48 Å². The van der Waals surface area contributed by atoms with E-state index in [9.17, 15) is 15.0 Å². The SMILES string of the molecule is COCCn1ccc(-c2cn([C@@H]3O[C@H](C(=O)NC4CCN(C)CC4)[C@@H](O)[C@H]3O)c3ncnc(N)c23)n1. The number of anilines is 1. The number of hydrogen-bond donors (Lipinski definition) is 4. The van der Waals surface area contributed by atoms with Gasteiger partial charge in [0, 0.05) is 31.1 Å². The van der Waals surface area contributed by atoms with E-state index in [-0.39, 0.29) is 11.9 Å². The molecular formula is C23H32N8O5. The molecule has 2 saturated heterocycles. The average molecular weight is 501 g/mol. The highest BCUT2D eigenvalue weighted by atomic mass is 16.6. The van der Waals surface area contributed by atoms with Gasteiger partial charge in [0.15, 0.2) is 12.3 Å². The van der Waals surface area contributed by atoms with Gasteiger partial charge in [-0.2, -0.15) is 5.10 Å². The minimum atomic E-state index is -1.41. The van der Waals surface area contributed by atoms with Crippen molar-refractivity contribution in [3.05, 3.63) is 24.8 Å². The average Bonchev–Trinajstić information content (AvgIpc) is 3.56. The normalized spacial score (nSPS) is 25.6. The van der Waals surface area contributed by atoms with E-state index in [1.165, 1.54) is 6.33 Å². The van der Waals surface area contributed by atoms with Gasteiger partial charge in [-0.15, -0.1) is 0 Å². The number of ether oxygens (including phenoxy) is 2. The number of hydrogen-bond acceptors (Lipinski definition) is 10. The molecule has 5 rings (SSSR count). The molecule has 13 heteroatoms.